The van der Waals surface area contributed by atoms with E-state index in [9.17, 15) is 4.79 Å². The van der Waals surface area contributed by atoms with E-state index in [0.29, 0.717) is 6.61 Å². The molecule has 0 aliphatic carbocycles. The predicted octanol–water partition coefficient (Wildman–Crippen LogP) is 1.66. The number of benzene rings is 1. The fourth-order valence-electron chi connectivity index (χ4n) is 3.16. The first-order valence-electron chi connectivity index (χ1n) is 9.22. The van der Waals surface area contributed by atoms with Crippen LogP contribution in [0.3, 0.4) is 0 Å². The average molecular weight is 363 g/mol. The smallest absolute Gasteiger partial charge is 0.409 e. The Morgan fingerprint density at radius 3 is 2.73 bits per heavy atom. The van der Waals surface area contributed by atoms with E-state index in [4.69, 9.17) is 14.2 Å². The second kappa shape index (κ2) is 8.60. The maximum atomic E-state index is 12.3. The van der Waals surface area contributed by atoms with Gasteiger partial charge in [-0.1, -0.05) is 6.07 Å². The van der Waals surface area contributed by atoms with Gasteiger partial charge in [0.1, 0.15) is 6.61 Å². The van der Waals surface area contributed by atoms with Gasteiger partial charge < -0.3 is 24.0 Å². The summed E-state index contributed by atoms with van der Waals surface area (Å²) in [6.45, 7) is 7.73. The molecule has 3 rings (SSSR count). The second-order valence-corrected chi connectivity index (χ2v) is 7.11. The van der Waals surface area contributed by atoms with E-state index in [1.54, 1.807) is 11.9 Å². The van der Waals surface area contributed by atoms with Gasteiger partial charge in [-0.25, -0.2) is 4.79 Å². The van der Waals surface area contributed by atoms with Crippen LogP contribution in [0.4, 0.5) is 4.79 Å². The minimum atomic E-state index is -0.271. The van der Waals surface area contributed by atoms with Crippen molar-refractivity contribution in [2.45, 2.75) is 19.4 Å². The number of amides is 1. The van der Waals surface area contributed by atoms with Crippen LogP contribution < -0.4 is 9.47 Å². The number of likely N-dealkylation sites (N-methyl/N-ethyl adjacent to an activating group) is 2. The van der Waals surface area contributed by atoms with Crippen molar-refractivity contribution in [1.82, 2.24) is 14.7 Å². The first-order chi connectivity index (χ1) is 12.5. The normalized spacial score (nSPS) is 18.6. The quantitative estimate of drug-likeness (QED) is 0.766. The molecule has 1 amide bonds. The van der Waals surface area contributed by atoms with Gasteiger partial charge in [-0.15, -0.1) is 0 Å². The SMILES string of the molecule is C[C@H](Cc1ccc2c(c1)OCO2)N(C)C(=O)OCCN1CCN(C)CC1. The third kappa shape index (κ3) is 4.80. The number of hydrogen-bond donors (Lipinski definition) is 0. The van der Waals surface area contributed by atoms with Gasteiger partial charge in [0, 0.05) is 45.8 Å². The predicted molar refractivity (Wildman–Crippen MR) is 98.8 cm³/mol. The summed E-state index contributed by atoms with van der Waals surface area (Å²) in [5, 5.41) is 0. The lowest BCUT2D eigenvalue weighted by Gasteiger charge is -2.32. The Labute approximate surface area is 155 Å². The molecule has 1 aromatic rings. The number of rotatable bonds is 6. The van der Waals surface area contributed by atoms with Crippen LogP contribution in [0.5, 0.6) is 11.5 Å². The van der Waals surface area contributed by atoms with Crippen LogP contribution >= 0.6 is 0 Å². The van der Waals surface area contributed by atoms with Crippen LogP contribution in [0, 0.1) is 0 Å². The molecule has 1 saturated heterocycles. The molecule has 144 valence electrons. The fourth-order valence-corrected chi connectivity index (χ4v) is 3.16. The van der Waals surface area contributed by atoms with E-state index < -0.39 is 0 Å². The van der Waals surface area contributed by atoms with Crippen molar-refractivity contribution in [2.24, 2.45) is 0 Å². The van der Waals surface area contributed by atoms with E-state index in [2.05, 4.69) is 16.8 Å². The summed E-state index contributed by atoms with van der Waals surface area (Å²) in [5.41, 5.74) is 1.11. The van der Waals surface area contributed by atoms with Crippen LogP contribution in [0.2, 0.25) is 0 Å². The maximum absolute atomic E-state index is 12.3. The summed E-state index contributed by atoms with van der Waals surface area (Å²) < 4.78 is 16.2. The molecule has 1 aromatic carbocycles. The molecule has 1 atom stereocenters. The summed E-state index contributed by atoms with van der Waals surface area (Å²) in [5.74, 6) is 1.55. The number of piperazine rings is 1. The third-order valence-electron chi connectivity index (χ3n) is 5.15. The zero-order valence-electron chi connectivity index (χ0n) is 15.9. The second-order valence-electron chi connectivity index (χ2n) is 7.11. The van der Waals surface area contributed by atoms with Crippen molar-refractivity contribution in [3.8, 4) is 11.5 Å². The molecule has 0 bridgehead atoms. The standard InChI is InChI=1S/C19H29N3O4/c1-15(12-16-4-5-17-18(13-16)26-14-25-17)21(3)19(23)24-11-10-22-8-6-20(2)7-9-22/h4-5,13,15H,6-12,14H2,1-3H3/t15-/m1/s1. The molecule has 0 aromatic heterocycles. The van der Waals surface area contributed by atoms with Crippen LogP contribution in [-0.4, -0.2) is 87.1 Å². The highest BCUT2D eigenvalue weighted by molar-refractivity contribution is 5.67. The highest BCUT2D eigenvalue weighted by atomic mass is 16.7. The highest BCUT2D eigenvalue weighted by Crippen LogP contribution is 2.32. The summed E-state index contributed by atoms with van der Waals surface area (Å²) in [4.78, 5) is 18.6. The fraction of sp³-hybridized carbons (Fsp3) is 0.632. The van der Waals surface area contributed by atoms with E-state index in [1.165, 1.54) is 0 Å². The lowest BCUT2D eigenvalue weighted by molar-refractivity contribution is 0.0774. The highest BCUT2D eigenvalue weighted by Gasteiger charge is 2.20. The van der Waals surface area contributed by atoms with Crippen molar-refractivity contribution in [3.05, 3.63) is 23.8 Å². The van der Waals surface area contributed by atoms with Crippen LogP contribution in [0.1, 0.15) is 12.5 Å². The molecular formula is C19H29N3O4. The number of carbonyl (C=O) groups excluding carboxylic acids is 1. The van der Waals surface area contributed by atoms with Crippen molar-refractivity contribution in [2.75, 3.05) is 60.2 Å². The van der Waals surface area contributed by atoms with Crippen LogP contribution in [0.25, 0.3) is 0 Å². The van der Waals surface area contributed by atoms with Crippen LogP contribution in [-0.2, 0) is 11.2 Å². The molecule has 7 heteroatoms. The number of nitrogens with zero attached hydrogens (tertiary/aromatic N) is 3. The van der Waals surface area contributed by atoms with Gasteiger partial charge in [0.2, 0.25) is 6.79 Å². The topological polar surface area (TPSA) is 54.5 Å². The monoisotopic (exact) mass is 363 g/mol. The molecule has 2 heterocycles. The Hall–Kier alpha value is -1.99. The average Bonchev–Trinajstić information content (AvgIpc) is 3.10. The summed E-state index contributed by atoms with van der Waals surface area (Å²) in [7, 11) is 3.92. The van der Waals surface area contributed by atoms with Crippen molar-refractivity contribution < 1.29 is 19.0 Å². The van der Waals surface area contributed by atoms with Crippen molar-refractivity contribution in [1.29, 1.82) is 0 Å². The molecule has 0 unspecified atom stereocenters. The minimum Gasteiger partial charge on any atom is -0.454 e. The van der Waals surface area contributed by atoms with Crippen LogP contribution in [0.15, 0.2) is 18.2 Å². The lowest BCUT2D eigenvalue weighted by Crippen LogP contribution is -2.46. The summed E-state index contributed by atoms with van der Waals surface area (Å²) in [6.07, 6.45) is 0.466. The van der Waals surface area contributed by atoms with Crippen molar-refractivity contribution >= 4 is 6.09 Å². The Kier molecular flexibility index (Phi) is 6.21. The first kappa shape index (κ1) is 18.8. The molecule has 0 spiro atoms. The van der Waals surface area contributed by atoms with Gasteiger partial charge >= 0.3 is 6.09 Å². The van der Waals surface area contributed by atoms with Gasteiger partial charge in [-0.3, -0.25) is 4.90 Å². The number of fused-ring (bicyclic) bond motifs is 1. The third-order valence-corrected chi connectivity index (χ3v) is 5.15. The lowest BCUT2D eigenvalue weighted by atomic mass is 10.1. The molecule has 0 radical (unpaired) electrons. The van der Waals surface area contributed by atoms with E-state index in [0.717, 1.165) is 56.2 Å². The zero-order valence-corrected chi connectivity index (χ0v) is 15.9. The number of hydrogen-bond acceptors (Lipinski definition) is 6. The maximum Gasteiger partial charge on any atom is 0.409 e. The first-order valence-corrected chi connectivity index (χ1v) is 9.22. The Balaban J connectivity index is 1.41. The van der Waals surface area contributed by atoms with Gasteiger partial charge in [0.05, 0.1) is 0 Å². The van der Waals surface area contributed by atoms with E-state index in [1.807, 2.05) is 25.1 Å². The number of carbonyl (C=O) groups is 1. The largest absolute Gasteiger partial charge is 0.454 e. The Morgan fingerprint density at radius 2 is 1.96 bits per heavy atom. The van der Waals surface area contributed by atoms with Gasteiger partial charge in [-0.05, 0) is 38.1 Å². The molecule has 2 aliphatic heterocycles. The molecule has 26 heavy (non-hydrogen) atoms. The Morgan fingerprint density at radius 1 is 1.23 bits per heavy atom. The van der Waals surface area contributed by atoms with E-state index >= 15 is 0 Å². The molecule has 0 N–H and O–H groups in total. The molecule has 7 nitrogen and oxygen atoms in total. The molecule has 0 saturated carbocycles. The summed E-state index contributed by atoms with van der Waals surface area (Å²) in [6, 6.07) is 5.94. The van der Waals surface area contributed by atoms with Gasteiger partial charge in [0.25, 0.3) is 0 Å². The molecule has 2 aliphatic rings. The van der Waals surface area contributed by atoms with Gasteiger partial charge in [-0.2, -0.15) is 0 Å². The minimum absolute atomic E-state index is 0.0338. The molecular weight excluding hydrogens is 334 g/mol. The van der Waals surface area contributed by atoms with Crippen molar-refractivity contribution in [3.63, 3.8) is 0 Å². The number of ether oxygens (including phenoxy) is 3. The van der Waals surface area contributed by atoms with Gasteiger partial charge in [0.15, 0.2) is 11.5 Å². The molecule has 1 fully saturated rings. The zero-order chi connectivity index (χ0) is 18.5. The summed E-state index contributed by atoms with van der Waals surface area (Å²) >= 11 is 0. The van der Waals surface area contributed by atoms with E-state index in [-0.39, 0.29) is 18.9 Å². The Bertz CT molecular complexity index is 617.